The van der Waals surface area contributed by atoms with Gasteiger partial charge in [0.1, 0.15) is 11.5 Å². The zero-order valence-electron chi connectivity index (χ0n) is 20.1. The molecule has 0 aliphatic carbocycles. The highest BCUT2D eigenvalue weighted by atomic mass is 35.5. The van der Waals surface area contributed by atoms with Crippen LogP contribution < -0.4 is 15.4 Å². The number of fused-ring (bicyclic) bond motifs is 1. The Hall–Kier alpha value is -2.70. The van der Waals surface area contributed by atoms with Crippen molar-refractivity contribution in [1.29, 1.82) is 0 Å². The Morgan fingerprint density at radius 2 is 1.82 bits per heavy atom. The number of phenolic OH excluding ortho intramolecular Hbond substituents is 1. The van der Waals surface area contributed by atoms with E-state index in [2.05, 4.69) is 22.5 Å². The first-order valence-corrected chi connectivity index (χ1v) is 12.2. The van der Waals surface area contributed by atoms with Gasteiger partial charge in [-0.3, -0.25) is 4.79 Å². The summed E-state index contributed by atoms with van der Waals surface area (Å²) >= 11 is 0. The normalized spacial score (nSPS) is 10.7. The van der Waals surface area contributed by atoms with Crippen LogP contribution in [0.25, 0.3) is 10.9 Å². The summed E-state index contributed by atoms with van der Waals surface area (Å²) in [7, 11) is 0. The van der Waals surface area contributed by atoms with E-state index in [0.717, 1.165) is 74.1 Å². The van der Waals surface area contributed by atoms with Crippen LogP contribution in [-0.2, 0) is 11.2 Å². The van der Waals surface area contributed by atoms with E-state index >= 15 is 0 Å². The predicted molar refractivity (Wildman–Crippen MR) is 142 cm³/mol. The van der Waals surface area contributed by atoms with Crippen LogP contribution in [0.15, 0.2) is 48.7 Å². The molecule has 0 bridgehead atoms. The summed E-state index contributed by atoms with van der Waals surface area (Å²) in [5.74, 6) is 1.20. The molecular weight excluding hydrogens is 450 g/mol. The summed E-state index contributed by atoms with van der Waals surface area (Å²) in [5, 5.41) is 17.2. The van der Waals surface area contributed by atoms with Crippen LogP contribution in [0, 0.1) is 0 Å². The average Bonchev–Trinajstić information content (AvgIpc) is 3.21. The molecule has 3 rings (SSSR count). The van der Waals surface area contributed by atoms with Gasteiger partial charge >= 0.3 is 0 Å². The number of unbranched alkanes of at least 4 members (excludes halogenated alkanes) is 4. The predicted octanol–water partition coefficient (Wildman–Crippen LogP) is 6.20. The molecule has 0 aliphatic rings. The van der Waals surface area contributed by atoms with Gasteiger partial charge in [-0.2, -0.15) is 0 Å². The number of amides is 1. The Morgan fingerprint density at radius 1 is 1.00 bits per heavy atom. The number of hydrogen-bond acceptors (Lipinski definition) is 4. The summed E-state index contributed by atoms with van der Waals surface area (Å²) in [6.45, 7) is 4.74. The van der Waals surface area contributed by atoms with Crippen molar-refractivity contribution in [3.8, 4) is 11.5 Å². The minimum Gasteiger partial charge on any atom is -0.508 e. The molecule has 0 fully saturated rings. The molecule has 0 spiro atoms. The molecule has 1 heterocycles. The van der Waals surface area contributed by atoms with Gasteiger partial charge in [0.25, 0.3) is 0 Å². The van der Waals surface area contributed by atoms with Gasteiger partial charge in [0.05, 0.1) is 6.61 Å². The second-order valence-corrected chi connectivity index (χ2v) is 8.48. The van der Waals surface area contributed by atoms with Crippen LogP contribution in [0.5, 0.6) is 11.5 Å². The number of aromatic hydroxyl groups is 1. The highest BCUT2D eigenvalue weighted by Gasteiger charge is 2.05. The van der Waals surface area contributed by atoms with Gasteiger partial charge in [0, 0.05) is 29.2 Å². The van der Waals surface area contributed by atoms with Gasteiger partial charge in [-0.1, -0.05) is 26.2 Å². The Labute approximate surface area is 208 Å². The first-order chi connectivity index (χ1) is 16.2. The lowest BCUT2D eigenvalue weighted by molar-refractivity contribution is -0.116. The Kier molecular flexibility index (Phi) is 12.4. The number of benzene rings is 2. The van der Waals surface area contributed by atoms with Gasteiger partial charge in [0.15, 0.2) is 0 Å². The maximum Gasteiger partial charge on any atom is 0.224 e. The molecule has 34 heavy (non-hydrogen) atoms. The SMILES string of the molecule is CCCCCOc1ccc(NC(=O)CCCCCNCCc2c[nH]c3ccc(O)cc23)cc1.Cl. The van der Waals surface area contributed by atoms with E-state index in [-0.39, 0.29) is 18.3 Å². The van der Waals surface area contributed by atoms with Crippen molar-refractivity contribution < 1.29 is 14.6 Å². The number of carbonyl (C=O) groups is 1. The van der Waals surface area contributed by atoms with Gasteiger partial charge in [-0.05, 0) is 86.8 Å². The second-order valence-electron chi connectivity index (χ2n) is 8.48. The lowest BCUT2D eigenvalue weighted by Crippen LogP contribution is -2.18. The van der Waals surface area contributed by atoms with E-state index in [1.54, 1.807) is 6.07 Å². The van der Waals surface area contributed by atoms with Crippen LogP contribution in [0.3, 0.4) is 0 Å². The highest BCUT2D eigenvalue weighted by Crippen LogP contribution is 2.23. The highest BCUT2D eigenvalue weighted by molar-refractivity contribution is 5.90. The molecule has 0 unspecified atom stereocenters. The quantitative estimate of drug-likeness (QED) is 0.192. The molecule has 3 aromatic rings. The first-order valence-electron chi connectivity index (χ1n) is 12.2. The number of ether oxygens (including phenoxy) is 1. The van der Waals surface area contributed by atoms with Crippen molar-refractivity contribution in [3.05, 3.63) is 54.2 Å². The minimum atomic E-state index is 0. The number of nitrogens with one attached hydrogen (secondary N) is 3. The number of phenols is 1. The van der Waals surface area contributed by atoms with Crippen molar-refractivity contribution in [2.24, 2.45) is 0 Å². The molecule has 7 heteroatoms. The lowest BCUT2D eigenvalue weighted by Gasteiger charge is -2.08. The third-order valence-electron chi connectivity index (χ3n) is 5.73. The van der Waals surface area contributed by atoms with Crippen molar-refractivity contribution in [2.45, 2.75) is 58.3 Å². The Bertz CT molecular complexity index is 988. The molecule has 0 aliphatic heterocycles. The first kappa shape index (κ1) is 27.5. The van der Waals surface area contributed by atoms with Crippen LogP contribution in [0.1, 0.15) is 57.4 Å². The van der Waals surface area contributed by atoms with Crippen molar-refractivity contribution in [2.75, 3.05) is 25.0 Å². The van der Waals surface area contributed by atoms with E-state index in [1.807, 2.05) is 42.6 Å². The summed E-state index contributed by atoms with van der Waals surface area (Å²) in [6, 6.07) is 13.0. The number of aromatic nitrogens is 1. The largest absolute Gasteiger partial charge is 0.508 e. The fourth-order valence-electron chi connectivity index (χ4n) is 3.83. The number of hydrogen-bond donors (Lipinski definition) is 4. The Morgan fingerprint density at radius 3 is 2.62 bits per heavy atom. The lowest BCUT2D eigenvalue weighted by atomic mass is 10.1. The van der Waals surface area contributed by atoms with E-state index in [1.165, 1.54) is 18.4 Å². The molecule has 0 radical (unpaired) electrons. The molecule has 6 nitrogen and oxygen atoms in total. The van der Waals surface area contributed by atoms with Crippen LogP contribution in [-0.4, -0.2) is 35.7 Å². The Balaban J connectivity index is 0.00000408. The topological polar surface area (TPSA) is 86.4 Å². The molecule has 0 atom stereocenters. The molecular formula is C27H38ClN3O3. The smallest absolute Gasteiger partial charge is 0.224 e. The summed E-state index contributed by atoms with van der Waals surface area (Å²) in [6.07, 6.45) is 9.84. The second kappa shape index (κ2) is 15.3. The maximum atomic E-state index is 12.2. The summed E-state index contributed by atoms with van der Waals surface area (Å²) < 4.78 is 5.70. The number of halogens is 1. The van der Waals surface area contributed by atoms with Gasteiger partial charge in [0.2, 0.25) is 5.91 Å². The zero-order valence-corrected chi connectivity index (χ0v) is 20.9. The van der Waals surface area contributed by atoms with Crippen LogP contribution >= 0.6 is 12.4 Å². The minimum absolute atomic E-state index is 0. The molecule has 2 aromatic carbocycles. The number of anilines is 1. The molecule has 186 valence electrons. The average molecular weight is 488 g/mol. The number of aromatic amines is 1. The summed E-state index contributed by atoms with van der Waals surface area (Å²) in [5.41, 5.74) is 3.07. The number of rotatable bonds is 15. The van der Waals surface area contributed by atoms with Crippen LogP contribution in [0.2, 0.25) is 0 Å². The number of H-pyrrole nitrogens is 1. The van der Waals surface area contributed by atoms with Crippen molar-refractivity contribution in [1.82, 2.24) is 10.3 Å². The van der Waals surface area contributed by atoms with E-state index in [9.17, 15) is 9.90 Å². The molecule has 0 saturated heterocycles. The third-order valence-corrected chi connectivity index (χ3v) is 5.73. The van der Waals surface area contributed by atoms with Crippen molar-refractivity contribution in [3.63, 3.8) is 0 Å². The van der Waals surface area contributed by atoms with Gasteiger partial charge in [-0.15, -0.1) is 12.4 Å². The summed E-state index contributed by atoms with van der Waals surface area (Å²) in [4.78, 5) is 15.4. The number of carbonyl (C=O) groups excluding carboxylic acids is 1. The molecule has 1 amide bonds. The van der Waals surface area contributed by atoms with E-state index in [4.69, 9.17) is 4.74 Å². The maximum absolute atomic E-state index is 12.2. The van der Waals surface area contributed by atoms with E-state index in [0.29, 0.717) is 12.2 Å². The fraction of sp³-hybridized carbons (Fsp3) is 0.444. The third kappa shape index (κ3) is 9.27. The monoisotopic (exact) mass is 487 g/mol. The van der Waals surface area contributed by atoms with Gasteiger partial charge in [-0.25, -0.2) is 0 Å². The zero-order chi connectivity index (χ0) is 23.3. The van der Waals surface area contributed by atoms with E-state index < -0.39 is 0 Å². The van der Waals surface area contributed by atoms with Gasteiger partial charge < -0.3 is 25.5 Å². The molecule has 1 aromatic heterocycles. The standard InChI is InChI=1S/C27H37N3O3.ClH/c1-2-3-7-18-33-24-12-9-22(10-13-24)30-27(32)8-5-4-6-16-28-17-15-21-20-29-26-14-11-23(31)19-25(21)26;/h9-14,19-20,28-29,31H,2-8,15-18H2,1H3,(H,30,32);1H. The molecule has 0 saturated carbocycles. The van der Waals surface area contributed by atoms with Crippen LogP contribution in [0.4, 0.5) is 5.69 Å². The van der Waals surface area contributed by atoms with Crippen molar-refractivity contribution >= 4 is 34.9 Å². The fourth-order valence-corrected chi connectivity index (χ4v) is 3.83. The molecule has 4 N–H and O–H groups in total.